The zero-order chi connectivity index (χ0) is 16.7. The van der Waals surface area contributed by atoms with Crippen LogP contribution in [0.1, 0.15) is 28.8 Å². The molecular weight excluding hydrogens is 332 g/mol. The molecule has 5 nitrogen and oxygen atoms in total. The molecule has 1 spiro atoms. The third-order valence-corrected chi connectivity index (χ3v) is 7.63. The van der Waals surface area contributed by atoms with E-state index in [4.69, 9.17) is 0 Å². The van der Waals surface area contributed by atoms with Crippen LogP contribution in [0.3, 0.4) is 0 Å². The van der Waals surface area contributed by atoms with Crippen molar-refractivity contribution < 1.29 is 13.2 Å². The van der Waals surface area contributed by atoms with Gasteiger partial charge in [0.1, 0.15) is 0 Å². The summed E-state index contributed by atoms with van der Waals surface area (Å²) in [5.41, 5.74) is 1.73. The Kier molecular flexibility index (Phi) is 4.46. The fourth-order valence-electron chi connectivity index (χ4n) is 3.43. The number of sulfonamides is 1. The van der Waals surface area contributed by atoms with E-state index in [1.54, 1.807) is 11.8 Å². The first-order valence-electron chi connectivity index (χ1n) is 7.80. The molecular formula is C16H22N2O3S2. The van der Waals surface area contributed by atoms with E-state index in [2.05, 4.69) is 0 Å². The summed E-state index contributed by atoms with van der Waals surface area (Å²) in [5, 5.41) is 0. The first kappa shape index (κ1) is 16.8. The highest BCUT2D eigenvalue weighted by Gasteiger charge is 2.47. The highest BCUT2D eigenvalue weighted by atomic mass is 32.2. The highest BCUT2D eigenvalue weighted by Crippen LogP contribution is 2.44. The van der Waals surface area contributed by atoms with Crippen LogP contribution in [0.15, 0.2) is 24.3 Å². The molecule has 126 valence electrons. The molecule has 2 heterocycles. The van der Waals surface area contributed by atoms with Gasteiger partial charge in [-0.1, -0.05) is 18.2 Å². The summed E-state index contributed by atoms with van der Waals surface area (Å²) in [4.78, 5) is 14.7. The quantitative estimate of drug-likeness (QED) is 0.814. The Hall–Kier alpha value is -1.05. The van der Waals surface area contributed by atoms with Crippen molar-refractivity contribution in [3.8, 4) is 0 Å². The molecule has 23 heavy (non-hydrogen) atoms. The lowest BCUT2D eigenvalue weighted by Crippen LogP contribution is -2.53. The van der Waals surface area contributed by atoms with Crippen molar-refractivity contribution in [3.63, 3.8) is 0 Å². The van der Waals surface area contributed by atoms with Gasteiger partial charge in [0.15, 0.2) is 0 Å². The van der Waals surface area contributed by atoms with Crippen molar-refractivity contribution in [1.29, 1.82) is 0 Å². The SMILES string of the molecule is Cc1ccccc1C(=O)N1CCSC12CCN(S(C)(=O)=O)CC2. The zero-order valence-electron chi connectivity index (χ0n) is 13.5. The van der Waals surface area contributed by atoms with Gasteiger partial charge in [-0.25, -0.2) is 12.7 Å². The lowest BCUT2D eigenvalue weighted by Gasteiger charge is -2.43. The summed E-state index contributed by atoms with van der Waals surface area (Å²) in [6, 6.07) is 7.66. The molecule has 1 aromatic rings. The summed E-state index contributed by atoms with van der Waals surface area (Å²) in [7, 11) is -3.15. The number of hydrogen-bond donors (Lipinski definition) is 0. The average Bonchev–Trinajstić information content (AvgIpc) is 2.90. The Morgan fingerprint density at radius 2 is 1.83 bits per heavy atom. The van der Waals surface area contributed by atoms with Gasteiger partial charge in [-0.15, -0.1) is 11.8 Å². The van der Waals surface area contributed by atoms with E-state index in [-0.39, 0.29) is 10.8 Å². The van der Waals surface area contributed by atoms with Gasteiger partial charge < -0.3 is 4.90 Å². The van der Waals surface area contributed by atoms with E-state index in [0.29, 0.717) is 25.9 Å². The van der Waals surface area contributed by atoms with Gasteiger partial charge >= 0.3 is 0 Å². The van der Waals surface area contributed by atoms with Crippen molar-refractivity contribution >= 4 is 27.7 Å². The number of hydrogen-bond acceptors (Lipinski definition) is 4. The number of aryl methyl sites for hydroxylation is 1. The minimum absolute atomic E-state index is 0.0703. The molecule has 0 atom stereocenters. The van der Waals surface area contributed by atoms with Gasteiger partial charge in [-0.3, -0.25) is 4.79 Å². The fraction of sp³-hybridized carbons (Fsp3) is 0.562. The molecule has 2 aliphatic rings. The van der Waals surface area contributed by atoms with Crippen LogP contribution in [-0.2, 0) is 10.0 Å². The van der Waals surface area contributed by atoms with Crippen molar-refractivity contribution in [2.75, 3.05) is 31.6 Å². The van der Waals surface area contributed by atoms with Crippen LogP contribution < -0.4 is 0 Å². The molecule has 0 bridgehead atoms. The van der Waals surface area contributed by atoms with Crippen LogP contribution in [0.5, 0.6) is 0 Å². The van der Waals surface area contributed by atoms with Crippen molar-refractivity contribution in [3.05, 3.63) is 35.4 Å². The molecule has 0 aliphatic carbocycles. The Bertz CT molecular complexity index is 710. The van der Waals surface area contributed by atoms with Gasteiger partial charge in [-0.05, 0) is 31.4 Å². The first-order chi connectivity index (χ1) is 10.8. The van der Waals surface area contributed by atoms with E-state index in [1.807, 2.05) is 36.1 Å². The number of nitrogens with zero attached hydrogens (tertiary/aromatic N) is 2. The van der Waals surface area contributed by atoms with Gasteiger partial charge in [0, 0.05) is 31.0 Å². The van der Waals surface area contributed by atoms with E-state index >= 15 is 0 Å². The van der Waals surface area contributed by atoms with Gasteiger partial charge in [0.25, 0.3) is 5.91 Å². The van der Waals surface area contributed by atoms with Crippen molar-refractivity contribution in [2.24, 2.45) is 0 Å². The van der Waals surface area contributed by atoms with E-state index in [9.17, 15) is 13.2 Å². The molecule has 2 fully saturated rings. The largest absolute Gasteiger partial charge is 0.323 e. The lowest BCUT2D eigenvalue weighted by atomic mass is 10.0. The van der Waals surface area contributed by atoms with E-state index in [1.165, 1.54) is 10.6 Å². The van der Waals surface area contributed by atoms with E-state index in [0.717, 1.165) is 23.4 Å². The minimum atomic E-state index is -3.15. The lowest BCUT2D eigenvalue weighted by molar-refractivity contribution is 0.0605. The molecule has 0 radical (unpaired) electrons. The molecule has 2 saturated heterocycles. The Labute approximate surface area is 142 Å². The van der Waals surface area contributed by atoms with E-state index < -0.39 is 10.0 Å². The van der Waals surface area contributed by atoms with Crippen LogP contribution in [0.2, 0.25) is 0 Å². The number of benzene rings is 1. The standard InChI is InChI=1S/C16H22N2O3S2/c1-13-5-3-4-6-14(13)15(19)18-11-12-22-16(18)7-9-17(10-8-16)23(2,20)21/h3-6H,7-12H2,1-2H3. The topological polar surface area (TPSA) is 57.7 Å². The molecule has 7 heteroatoms. The Balaban J connectivity index is 1.82. The summed E-state index contributed by atoms with van der Waals surface area (Å²) in [5.74, 6) is 0.983. The maximum atomic E-state index is 13.0. The third-order valence-electron chi connectivity index (χ3n) is 4.77. The second kappa shape index (κ2) is 6.11. The van der Waals surface area contributed by atoms with Crippen molar-refractivity contribution in [2.45, 2.75) is 24.6 Å². The van der Waals surface area contributed by atoms with Crippen LogP contribution in [-0.4, -0.2) is 60.0 Å². The normalized spacial score (nSPS) is 21.7. The first-order valence-corrected chi connectivity index (χ1v) is 10.6. The molecule has 0 N–H and O–H groups in total. The molecule has 0 aromatic heterocycles. The molecule has 0 unspecified atom stereocenters. The smallest absolute Gasteiger partial charge is 0.255 e. The van der Waals surface area contributed by atoms with Gasteiger partial charge in [0.05, 0.1) is 11.1 Å². The summed E-state index contributed by atoms with van der Waals surface area (Å²) < 4.78 is 24.9. The Morgan fingerprint density at radius 3 is 2.43 bits per heavy atom. The number of rotatable bonds is 2. The maximum absolute atomic E-state index is 13.0. The Morgan fingerprint density at radius 1 is 1.17 bits per heavy atom. The predicted molar refractivity (Wildman–Crippen MR) is 93.1 cm³/mol. The molecule has 3 rings (SSSR count). The molecule has 2 aliphatic heterocycles. The van der Waals surface area contributed by atoms with Gasteiger partial charge in [0.2, 0.25) is 10.0 Å². The number of amides is 1. The van der Waals surface area contributed by atoms with Crippen LogP contribution in [0, 0.1) is 6.92 Å². The summed E-state index contributed by atoms with van der Waals surface area (Å²) >= 11 is 1.80. The third kappa shape index (κ3) is 3.14. The van der Waals surface area contributed by atoms with Crippen LogP contribution >= 0.6 is 11.8 Å². The molecule has 1 aromatic carbocycles. The number of piperidine rings is 1. The fourth-order valence-corrected chi connectivity index (χ4v) is 5.74. The molecule has 0 saturated carbocycles. The monoisotopic (exact) mass is 354 g/mol. The van der Waals surface area contributed by atoms with Crippen molar-refractivity contribution in [1.82, 2.24) is 9.21 Å². The van der Waals surface area contributed by atoms with Gasteiger partial charge in [-0.2, -0.15) is 0 Å². The zero-order valence-corrected chi connectivity index (χ0v) is 15.1. The second-order valence-corrected chi connectivity index (χ2v) is 9.67. The van der Waals surface area contributed by atoms with Crippen LogP contribution in [0.25, 0.3) is 0 Å². The number of carbonyl (C=O) groups excluding carboxylic acids is 1. The maximum Gasteiger partial charge on any atom is 0.255 e. The van der Waals surface area contributed by atoms with Crippen LogP contribution in [0.4, 0.5) is 0 Å². The molecule has 1 amide bonds. The number of carbonyl (C=O) groups is 1. The summed E-state index contributed by atoms with van der Waals surface area (Å²) in [6.07, 6.45) is 2.65. The average molecular weight is 354 g/mol. The second-order valence-electron chi connectivity index (χ2n) is 6.23. The number of thioether (sulfide) groups is 1. The highest BCUT2D eigenvalue weighted by molar-refractivity contribution is 8.00. The summed E-state index contributed by atoms with van der Waals surface area (Å²) in [6.45, 7) is 3.67. The predicted octanol–water partition coefficient (Wildman–Crippen LogP) is 1.94. The minimum Gasteiger partial charge on any atom is -0.323 e.